The van der Waals surface area contributed by atoms with Gasteiger partial charge in [-0.2, -0.15) is 0 Å². The Balaban J connectivity index is 1.65. The van der Waals surface area contributed by atoms with E-state index in [1.165, 1.54) is 6.33 Å². The number of carbonyl (C=O) groups is 1. The van der Waals surface area contributed by atoms with Crippen molar-refractivity contribution in [1.82, 2.24) is 9.97 Å². The third-order valence-electron chi connectivity index (χ3n) is 4.80. The van der Waals surface area contributed by atoms with Gasteiger partial charge >= 0.3 is 0 Å². The number of rotatable bonds is 5. The van der Waals surface area contributed by atoms with Crippen molar-refractivity contribution in [1.29, 1.82) is 0 Å². The Kier molecular flexibility index (Phi) is 5.10. The van der Waals surface area contributed by atoms with E-state index in [4.69, 9.17) is 0 Å². The highest BCUT2D eigenvalue weighted by Crippen LogP contribution is 2.22. The molecule has 0 radical (unpaired) electrons. The van der Waals surface area contributed by atoms with Gasteiger partial charge in [-0.1, -0.05) is 48.5 Å². The van der Waals surface area contributed by atoms with Crippen molar-refractivity contribution in [2.24, 2.45) is 0 Å². The molecule has 1 saturated heterocycles. The van der Waals surface area contributed by atoms with Crippen molar-refractivity contribution >= 4 is 17.4 Å². The normalized spacial score (nSPS) is 13.6. The molecule has 5 heteroatoms. The molecular weight excluding hydrogens is 336 g/mol. The zero-order valence-corrected chi connectivity index (χ0v) is 15.2. The summed E-state index contributed by atoms with van der Waals surface area (Å²) < 4.78 is 0. The largest absolute Gasteiger partial charge is 0.357 e. The number of amides is 1. The molecule has 1 aliphatic rings. The van der Waals surface area contributed by atoms with E-state index in [1.807, 2.05) is 66.7 Å². The number of benzene rings is 2. The Bertz CT molecular complexity index is 892. The second-order valence-electron chi connectivity index (χ2n) is 6.67. The van der Waals surface area contributed by atoms with Gasteiger partial charge in [0, 0.05) is 24.8 Å². The molecule has 2 heterocycles. The van der Waals surface area contributed by atoms with Gasteiger partial charge in [-0.05, 0) is 30.5 Å². The SMILES string of the molecule is O=C(c1cc(N2CCCC2)ncn1)N(Cc1ccccc1)c1ccccc1. The van der Waals surface area contributed by atoms with Gasteiger partial charge in [0.1, 0.15) is 17.8 Å². The first-order valence-corrected chi connectivity index (χ1v) is 9.29. The highest BCUT2D eigenvalue weighted by atomic mass is 16.2. The minimum absolute atomic E-state index is 0.118. The lowest BCUT2D eigenvalue weighted by molar-refractivity contribution is 0.0980. The maximum Gasteiger partial charge on any atom is 0.277 e. The first-order chi connectivity index (χ1) is 13.3. The molecule has 1 aromatic heterocycles. The van der Waals surface area contributed by atoms with Crippen LogP contribution < -0.4 is 9.80 Å². The topological polar surface area (TPSA) is 49.3 Å². The number of anilines is 2. The molecule has 27 heavy (non-hydrogen) atoms. The first-order valence-electron chi connectivity index (χ1n) is 9.29. The standard InChI is InChI=1S/C22H22N4O/c27-22(20-15-21(24-17-23-20)25-13-7-8-14-25)26(19-11-5-2-6-12-19)16-18-9-3-1-4-10-18/h1-6,9-12,15,17H,7-8,13-14,16H2. The van der Waals surface area contributed by atoms with Crippen molar-refractivity contribution in [3.8, 4) is 0 Å². The predicted octanol–water partition coefficient (Wildman–Crippen LogP) is 3.92. The third-order valence-corrected chi connectivity index (χ3v) is 4.80. The molecule has 0 aliphatic carbocycles. The van der Waals surface area contributed by atoms with Crippen LogP contribution in [0.25, 0.3) is 0 Å². The fourth-order valence-corrected chi connectivity index (χ4v) is 3.38. The number of hydrogen-bond donors (Lipinski definition) is 0. The Labute approximate surface area is 159 Å². The Morgan fingerprint density at radius 1 is 0.926 bits per heavy atom. The summed E-state index contributed by atoms with van der Waals surface area (Å²) in [6, 6.07) is 21.5. The maximum absolute atomic E-state index is 13.3. The molecule has 5 nitrogen and oxygen atoms in total. The van der Waals surface area contributed by atoms with Crippen LogP contribution in [-0.2, 0) is 6.54 Å². The fourth-order valence-electron chi connectivity index (χ4n) is 3.38. The summed E-state index contributed by atoms with van der Waals surface area (Å²) in [6.07, 6.45) is 3.82. The van der Waals surface area contributed by atoms with Crippen molar-refractivity contribution in [2.45, 2.75) is 19.4 Å². The Morgan fingerprint density at radius 2 is 1.59 bits per heavy atom. The van der Waals surface area contributed by atoms with Crippen LogP contribution in [0, 0.1) is 0 Å². The molecule has 0 unspecified atom stereocenters. The molecule has 4 rings (SSSR count). The van der Waals surface area contributed by atoms with Crippen LogP contribution in [0.3, 0.4) is 0 Å². The molecule has 0 spiro atoms. The minimum atomic E-state index is -0.118. The van der Waals surface area contributed by atoms with Gasteiger partial charge < -0.3 is 9.80 Å². The van der Waals surface area contributed by atoms with Crippen LogP contribution in [0.5, 0.6) is 0 Å². The quantitative estimate of drug-likeness (QED) is 0.693. The lowest BCUT2D eigenvalue weighted by atomic mass is 10.1. The maximum atomic E-state index is 13.3. The van der Waals surface area contributed by atoms with E-state index in [0.29, 0.717) is 12.2 Å². The number of hydrogen-bond acceptors (Lipinski definition) is 4. The van der Waals surface area contributed by atoms with E-state index in [2.05, 4.69) is 14.9 Å². The molecular formula is C22H22N4O. The summed E-state index contributed by atoms with van der Waals surface area (Å²) >= 11 is 0. The average molecular weight is 358 g/mol. The fraction of sp³-hybridized carbons (Fsp3) is 0.227. The summed E-state index contributed by atoms with van der Waals surface area (Å²) in [5.41, 5.74) is 2.35. The summed E-state index contributed by atoms with van der Waals surface area (Å²) in [4.78, 5) is 25.9. The van der Waals surface area contributed by atoms with Crippen LogP contribution in [0.1, 0.15) is 28.9 Å². The first kappa shape index (κ1) is 17.2. The highest BCUT2D eigenvalue weighted by Gasteiger charge is 2.21. The predicted molar refractivity (Wildman–Crippen MR) is 107 cm³/mol. The van der Waals surface area contributed by atoms with Crippen molar-refractivity contribution in [2.75, 3.05) is 22.9 Å². The molecule has 1 aliphatic heterocycles. The van der Waals surface area contributed by atoms with Crippen molar-refractivity contribution in [3.63, 3.8) is 0 Å². The Hall–Kier alpha value is -3.21. The highest BCUT2D eigenvalue weighted by molar-refractivity contribution is 6.05. The molecule has 1 fully saturated rings. The lowest BCUT2D eigenvalue weighted by Crippen LogP contribution is -2.31. The van der Waals surface area contributed by atoms with Crippen molar-refractivity contribution in [3.05, 3.63) is 84.3 Å². The minimum Gasteiger partial charge on any atom is -0.357 e. The smallest absolute Gasteiger partial charge is 0.277 e. The zero-order valence-electron chi connectivity index (χ0n) is 15.2. The summed E-state index contributed by atoms with van der Waals surface area (Å²) in [6.45, 7) is 2.46. The van der Waals surface area contributed by atoms with Gasteiger partial charge in [-0.3, -0.25) is 4.79 Å². The molecule has 1 amide bonds. The van der Waals surface area contributed by atoms with Gasteiger partial charge in [0.15, 0.2) is 0 Å². The van der Waals surface area contributed by atoms with E-state index in [-0.39, 0.29) is 5.91 Å². The molecule has 0 N–H and O–H groups in total. The van der Waals surface area contributed by atoms with E-state index in [0.717, 1.165) is 43.0 Å². The lowest BCUT2D eigenvalue weighted by Gasteiger charge is -2.23. The third kappa shape index (κ3) is 3.97. The summed E-state index contributed by atoms with van der Waals surface area (Å²) in [7, 11) is 0. The number of para-hydroxylation sites is 1. The molecule has 0 bridgehead atoms. The van der Waals surface area contributed by atoms with Gasteiger partial charge in [0.25, 0.3) is 5.91 Å². The summed E-state index contributed by atoms with van der Waals surface area (Å²) in [5, 5.41) is 0. The van der Waals surface area contributed by atoms with Crippen LogP contribution in [0.2, 0.25) is 0 Å². The molecule has 3 aromatic rings. The van der Waals surface area contributed by atoms with Gasteiger partial charge in [0.2, 0.25) is 0 Å². The molecule has 2 aromatic carbocycles. The van der Waals surface area contributed by atoms with Gasteiger partial charge in [-0.25, -0.2) is 9.97 Å². The molecule has 136 valence electrons. The van der Waals surface area contributed by atoms with Gasteiger partial charge in [0.05, 0.1) is 6.54 Å². The van der Waals surface area contributed by atoms with E-state index in [9.17, 15) is 4.79 Å². The van der Waals surface area contributed by atoms with Crippen molar-refractivity contribution < 1.29 is 4.79 Å². The van der Waals surface area contributed by atoms with E-state index < -0.39 is 0 Å². The Morgan fingerprint density at radius 3 is 2.30 bits per heavy atom. The average Bonchev–Trinajstić information content (AvgIpc) is 3.28. The number of carbonyl (C=O) groups excluding carboxylic acids is 1. The zero-order chi connectivity index (χ0) is 18.5. The van der Waals surface area contributed by atoms with E-state index >= 15 is 0 Å². The van der Waals surface area contributed by atoms with Crippen LogP contribution in [0.15, 0.2) is 73.1 Å². The summed E-state index contributed by atoms with van der Waals surface area (Å²) in [5.74, 6) is 0.714. The van der Waals surface area contributed by atoms with Crippen LogP contribution >= 0.6 is 0 Å². The van der Waals surface area contributed by atoms with E-state index in [1.54, 1.807) is 4.90 Å². The number of nitrogens with zero attached hydrogens (tertiary/aromatic N) is 4. The van der Waals surface area contributed by atoms with Crippen LogP contribution in [-0.4, -0.2) is 29.0 Å². The second kappa shape index (κ2) is 7.99. The van der Waals surface area contributed by atoms with Crippen LogP contribution in [0.4, 0.5) is 11.5 Å². The molecule has 0 saturated carbocycles. The van der Waals surface area contributed by atoms with Gasteiger partial charge in [-0.15, -0.1) is 0 Å². The molecule has 0 atom stereocenters. The monoisotopic (exact) mass is 358 g/mol. The second-order valence-corrected chi connectivity index (χ2v) is 6.67. The number of aromatic nitrogens is 2.